The maximum absolute atomic E-state index is 13.1. The average Bonchev–Trinajstić information content (AvgIpc) is 3.20. The van der Waals surface area contributed by atoms with Crippen LogP contribution >= 0.6 is 0 Å². The van der Waals surface area contributed by atoms with Crippen molar-refractivity contribution >= 4 is 11.8 Å². The van der Waals surface area contributed by atoms with Gasteiger partial charge in [-0.25, -0.2) is 4.79 Å². The Morgan fingerprint density at radius 1 is 1.22 bits per heavy atom. The van der Waals surface area contributed by atoms with Gasteiger partial charge in [0.25, 0.3) is 0 Å². The van der Waals surface area contributed by atoms with Crippen LogP contribution in [-0.4, -0.2) is 104 Å². The minimum atomic E-state index is -1.85. The molecule has 11 nitrogen and oxygen atoms in total. The number of carboxylic acid groups (broad SMARTS) is 1. The number of aliphatic carboxylic acids is 1. The van der Waals surface area contributed by atoms with Gasteiger partial charge < -0.3 is 39.7 Å². The molecule has 9 atom stereocenters. The molecule has 5 N–H and O–H groups in total. The molecule has 0 aromatic heterocycles. The van der Waals surface area contributed by atoms with E-state index in [1.54, 1.807) is 12.1 Å². The van der Waals surface area contributed by atoms with Gasteiger partial charge in [-0.2, -0.15) is 0 Å². The standard InChI is InChI=1S/C25H29NO10/c1-2-8-26-9-7-24-15-11-3-4-13(34-23-18(30)16(28)17(29)20(36-23)22(31)32)19(15)35-21(24)12(27)5-6-25(24,33)14(26)10-11/h2-4,14,16-18,20-21,23,28-30,33H,1,5-10H2,(H,31,32)/t14-,16+,17+,18+,20-,21+,23-,24+,25-/m1/s1. The smallest absolute Gasteiger partial charge is 0.335 e. The van der Waals surface area contributed by atoms with Gasteiger partial charge in [-0.3, -0.25) is 9.69 Å². The van der Waals surface area contributed by atoms with E-state index in [1.807, 2.05) is 6.07 Å². The van der Waals surface area contributed by atoms with Crippen molar-refractivity contribution in [2.24, 2.45) is 0 Å². The van der Waals surface area contributed by atoms with Gasteiger partial charge in [-0.1, -0.05) is 12.1 Å². The summed E-state index contributed by atoms with van der Waals surface area (Å²) in [4.78, 5) is 26.8. The summed E-state index contributed by atoms with van der Waals surface area (Å²) >= 11 is 0. The molecule has 11 heteroatoms. The van der Waals surface area contributed by atoms with Gasteiger partial charge in [0.1, 0.15) is 18.3 Å². The number of ketones is 1. The number of aliphatic hydroxyl groups is 4. The molecule has 0 amide bonds. The topological polar surface area (TPSA) is 166 Å². The predicted molar refractivity (Wildman–Crippen MR) is 121 cm³/mol. The molecular weight excluding hydrogens is 474 g/mol. The molecule has 3 heterocycles. The van der Waals surface area contributed by atoms with E-state index >= 15 is 0 Å². The van der Waals surface area contributed by atoms with Crippen molar-refractivity contribution in [2.75, 3.05) is 13.1 Å². The number of hydrogen-bond acceptors (Lipinski definition) is 10. The van der Waals surface area contributed by atoms with Crippen LogP contribution in [0.5, 0.6) is 11.5 Å². The highest BCUT2D eigenvalue weighted by Crippen LogP contribution is 2.65. The predicted octanol–water partition coefficient (Wildman–Crippen LogP) is -1.13. The van der Waals surface area contributed by atoms with E-state index in [0.29, 0.717) is 37.9 Å². The molecule has 1 saturated carbocycles. The van der Waals surface area contributed by atoms with E-state index in [0.717, 1.165) is 5.56 Å². The Morgan fingerprint density at radius 3 is 2.72 bits per heavy atom. The maximum atomic E-state index is 13.1. The number of nitrogens with zero attached hydrogens (tertiary/aromatic N) is 1. The third-order valence-electron chi connectivity index (χ3n) is 8.77. The first-order valence-electron chi connectivity index (χ1n) is 12.2. The largest absolute Gasteiger partial charge is 0.479 e. The molecule has 2 saturated heterocycles. The summed E-state index contributed by atoms with van der Waals surface area (Å²) in [6, 6.07) is 3.19. The lowest BCUT2D eigenvalue weighted by Crippen LogP contribution is -2.76. The molecule has 0 unspecified atom stereocenters. The van der Waals surface area contributed by atoms with Crippen LogP contribution in [0.25, 0.3) is 0 Å². The summed E-state index contributed by atoms with van der Waals surface area (Å²) in [7, 11) is 0. The monoisotopic (exact) mass is 503 g/mol. The third kappa shape index (κ3) is 2.89. The highest BCUT2D eigenvalue weighted by atomic mass is 16.7. The van der Waals surface area contributed by atoms with Crippen LogP contribution in [0.2, 0.25) is 0 Å². The number of likely N-dealkylation sites (tertiary alicyclic amines) is 1. The average molecular weight is 504 g/mol. The van der Waals surface area contributed by atoms with Gasteiger partial charge in [0.15, 0.2) is 29.5 Å². The van der Waals surface area contributed by atoms with Crippen LogP contribution in [0.1, 0.15) is 30.4 Å². The van der Waals surface area contributed by atoms with Crippen LogP contribution in [0.4, 0.5) is 0 Å². The summed E-state index contributed by atoms with van der Waals surface area (Å²) in [5, 5.41) is 52.1. The van der Waals surface area contributed by atoms with Crippen LogP contribution in [-0.2, 0) is 26.2 Å². The minimum absolute atomic E-state index is 0.0939. The fraction of sp³-hybridized carbons (Fsp3) is 0.600. The highest BCUT2D eigenvalue weighted by molar-refractivity contribution is 5.90. The minimum Gasteiger partial charge on any atom is -0.479 e. The molecule has 3 fully saturated rings. The lowest BCUT2D eigenvalue weighted by molar-refractivity contribution is -0.271. The number of rotatable bonds is 5. The molecule has 1 aromatic carbocycles. The van der Waals surface area contributed by atoms with Crippen LogP contribution in [0.3, 0.4) is 0 Å². The Kier molecular flexibility index (Phi) is 5.28. The van der Waals surface area contributed by atoms with Gasteiger partial charge in [0, 0.05) is 31.1 Å². The Balaban J connectivity index is 1.43. The summed E-state index contributed by atoms with van der Waals surface area (Å²) in [6.07, 6.45) is -6.44. The second-order valence-corrected chi connectivity index (χ2v) is 10.4. The first kappa shape index (κ1) is 23.8. The Bertz CT molecular complexity index is 1140. The molecule has 5 aliphatic rings. The number of piperidine rings is 1. The molecular formula is C25H29NO10. The number of carbonyl (C=O) groups is 2. The van der Waals surface area contributed by atoms with E-state index in [1.165, 1.54) is 0 Å². The normalized spacial score (nSPS) is 42.9. The molecule has 1 spiro atoms. The number of aliphatic hydroxyl groups excluding tert-OH is 3. The van der Waals surface area contributed by atoms with Crippen LogP contribution in [0, 0.1) is 0 Å². The van der Waals surface area contributed by atoms with Crippen LogP contribution in [0.15, 0.2) is 24.8 Å². The summed E-state index contributed by atoms with van der Waals surface area (Å²) in [6.45, 7) is 5.10. The number of Topliss-reactive ketones (excluding diaryl/α,β-unsaturated/α-hetero) is 1. The quantitative estimate of drug-likeness (QED) is 0.309. The Morgan fingerprint density at radius 2 is 2.00 bits per heavy atom. The molecule has 3 aliphatic heterocycles. The maximum Gasteiger partial charge on any atom is 0.335 e. The zero-order valence-corrected chi connectivity index (χ0v) is 19.4. The second kappa shape index (κ2) is 7.98. The van der Waals surface area contributed by atoms with Gasteiger partial charge in [0.2, 0.25) is 6.29 Å². The van der Waals surface area contributed by atoms with Crippen molar-refractivity contribution in [3.63, 3.8) is 0 Å². The molecule has 6 rings (SSSR count). The fourth-order valence-corrected chi connectivity index (χ4v) is 7.15. The summed E-state index contributed by atoms with van der Waals surface area (Å²) < 4.78 is 17.4. The number of benzene rings is 1. The highest BCUT2D eigenvalue weighted by Gasteiger charge is 2.73. The van der Waals surface area contributed by atoms with E-state index in [-0.39, 0.29) is 29.7 Å². The van der Waals surface area contributed by atoms with Crippen LogP contribution < -0.4 is 9.47 Å². The Labute approximate surface area is 206 Å². The lowest BCUT2D eigenvalue weighted by Gasteiger charge is -2.62. The van der Waals surface area contributed by atoms with E-state index in [4.69, 9.17) is 14.2 Å². The molecule has 2 bridgehead atoms. The number of hydrogen-bond donors (Lipinski definition) is 5. The first-order valence-corrected chi connectivity index (χ1v) is 12.2. The molecule has 2 aliphatic carbocycles. The van der Waals surface area contributed by atoms with Crippen molar-refractivity contribution in [2.45, 2.75) is 79.6 Å². The third-order valence-corrected chi connectivity index (χ3v) is 8.77. The van der Waals surface area contributed by atoms with Crippen molar-refractivity contribution in [3.05, 3.63) is 35.9 Å². The molecule has 0 radical (unpaired) electrons. The second-order valence-electron chi connectivity index (χ2n) is 10.4. The van der Waals surface area contributed by atoms with Gasteiger partial charge in [0.05, 0.1) is 11.0 Å². The number of ether oxygens (including phenoxy) is 3. The molecule has 1 aromatic rings. The first-order chi connectivity index (χ1) is 17.1. The molecule has 194 valence electrons. The fourth-order valence-electron chi connectivity index (χ4n) is 7.15. The van der Waals surface area contributed by atoms with Crippen molar-refractivity contribution in [1.82, 2.24) is 4.90 Å². The van der Waals surface area contributed by atoms with Gasteiger partial charge in [-0.15, -0.1) is 6.58 Å². The van der Waals surface area contributed by atoms with Gasteiger partial charge >= 0.3 is 5.97 Å². The molecule has 36 heavy (non-hydrogen) atoms. The summed E-state index contributed by atoms with van der Waals surface area (Å²) in [5.41, 5.74) is -0.546. The van der Waals surface area contributed by atoms with Crippen molar-refractivity contribution in [3.8, 4) is 11.5 Å². The zero-order valence-electron chi connectivity index (χ0n) is 19.4. The van der Waals surface area contributed by atoms with E-state index in [2.05, 4.69) is 11.5 Å². The SMILES string of the molecule is C=CCN1CC[C@]23c4c5ccc(O[C@@H]6O[C@@H](C(=O)O)[C@@H](O)[C@H](O)[C@@H]6O)c4O[C@H]2C(=O)CC[C@@]3(O)[C@H]1C5. The number of carboxylic acids is 1. The lowest BCUT2D eigenvalue weighted by atomic mass is 9.49. The van der Waals surface area contributed by atoms with Crippen molar-refractivity contribution < 1.29 is 49.3 Å². The summed E-state index contributed by atoms with van der Waals surface area (Å²) in [5.74, 6) is -1.28. The van der Waals surface area contributed by atoms with Gasteiger partial charge in [-0.05, 0) is 30.9 Å². The number of carbonyl (C=O) groups excluding carboxylic acids is 1. The van der Waals surface area contributed by atoms with E-state index in [9.17, 15) is 35.1 Å². The zero-order chi connectivity index (χ0) is 25.6. The van der Waals surface area contributed by atoms with E-state index < -0.39 is 53.8 Å². The Hall–Kier alpha value is -2.54. The van der Waals surface area contributed by atoms with Crippen molar-refractivity contribution in [1.29, 1.82) is 0 Å².